The molecule has 7 nitrogen and oxygen atoms in total. The van der Waals surface area contributed by atoms with Crippen molar-refractivity contribution in [1.29, 1.82) is 5.26 Å². The van der Waals surface area contributed by atoms with E-state index in [1.54, 1.807) is 12.3 Å². The first kappa shape index (κ1) is 21.2. The van der Waals surface area contributed by atoms with Crippen molar-refractivity contribution in [2.75, 3.05) is 18.0 Å². The van der Waals surface area contributed by atoms with Crippen molar-refractivity contribution in [3.8, 4) is 17.5 Å². The predicted octanol–water partition coefficient (Wildman–Crippen LogP) is 0.574. The number of pyridine rings is 2. The third-order valence-corrected chi connectivity index (χ3v) is 4.90. The average Bonchev–Trinajstić information content (AvgIpc) is 3.35. The van der Waals surface area contributed by atoms with E-state index in [1.807, 2.05) is 35.9 Å². The first-order chi connectivity index (χ1) is 13.2. The van der Waals surface area contributed by atoms with Gasteiger partial charge in [-0.05, 0) is 38.0 Å². The molecule has 1 fully saturated rings. The minimum absolute atomic E-state index is 0. The summed E-state index contributed by atoms with van der Waals surface area (Å²) in [4.78, 5) is 20.6. The van der Waals surface area contributed by atoms with Crippen molar-refractivity contribution in [1.82, 2.24) is 24.3 Å². The molecule has 0 saturated carbocycles. The van der Waals surface area contributed by atoms with Crippen LogP contribution in [0.25, 0.3) is 28.1 Å². The van der Waals surface area contributed by atoms with Gasteiger partial charge in [-0.25, -0.2) is 19.9 Å². The van der Waals surface area contributed by atoms with E-state index in [0.29, 0.717) is 17.0 Å². The van der Waals surface area contributed by atoms with Gasteiger partial charge in [-0.15, -0.1) is 0 Å². The Hall–Kier alpha value is -2.53. The molecule has 5 heterocycles. The summed E-state index contributed by atoms with van der Waals surface area (Å²) in [5.74, 6) is 1.56. The zero-order valence-electron chi connectivity index (χ0n) is 16.9. The minimum Gasteiger partial charge on any atom is -0.358 e. The van der Waals surface area contributed by atoms with Gasteiger partial charge in [-0.1, -0.05) is 0 Å². The Labute approximate surface area is 191 Å². The Kier molecular flexibility index (Phi) is 6.18. The fourth-order valence-electron chi connectivity index (χ4n) is 3.60. The van der Waals surface area contributed by atoms with Crippen LogP contribution in [-0.4, -0.2) is 37.4 Å². The standard InChI is InChI=1S/C20H17N7.CH3.Na/c1-13-11-27-12-15(8-14(9-21)20(27)23-13)19-22-10-17-16(25-19)4-5-18(24-17)26-6-2-3-7-26;;/h4-5,8,10-12H,2-3,6-7H2,1H3;1H3;/q;-1;+1. The van der Waals surface area contributed by atoms with Crippen LogP contribution < -0.4 is 34.5 Å². The molecule has 29 heavy (non-hydrogen) atoms. The van der Waals surface area contributed by atoms with Crippen molar-refractivity contribution in [3.63, 3.8) is 0 Å². The molecular weight excluding hydrogens is 373 g/mol. The number of nitrogens with zero attached hydrogens (tertiary/aromatic N) is 7. The quantitative estimate of drug-likeness (QED) is 0.366. The van der Waals surface area contributed by atoms with Gasteiger partial charge in [-0.2, -0.15) is 5.26 Å². The van der Waals surface area contributed by atoms with E-state index in [1.165, 1.54) is 12.8 Å². The van der Waals surface area contributed by atoms with Crippen molar-refractivity contribution in [2.45, 2.75) is 19.8 Å². The zero-order chi connectivity index (χ0) is 18.4. The number of nitriles is 1. The Morgan fingerprint density at radius 1 is 1.03 bits per heavy atom. The third-order valence-electron chi connectivity index (χ3n) is 4.90. The van der Waals surface area contributed by atoms with Gasteiger partial charge in [0.1, 0.15) is 17.4 Å². The Balaban J connectivity index is 0.00000120. The van der Waals surface area contributed by atoms with Gasteiger partial charge in [0.25, 0.3) is 0 Å². The molecule has 5 rings (SSSR count). The molecule has 140 valence electrons. The molecule has 0 atom stereocenters. The van der Waals surface area contributed by atoms with E-state index in [9.17, 15) is 5.26 Å². The van der Waals surface area contributed by atoms with Gasteiger partial charge < -0.3 is 16.7 Å². The monoisotopic (exact) mass is 393 g/mol. The van der Waals surface area contributed by atoms with E-state index in [2.05, 4.69) is 25.9 Å². The van der Waals surface area contributed by atoms with Crippen LogP contribution in [0.4, 0.5) is 5.82 Å². The molecule has 0 N–H and O–H groups in total. The summed E-state index contributed by atoms with van der Waals surface area (Å²) in [5.41, 5.74) is 4.37. The Bertz CT molecular complexity index is 1220. The number of imidazole rings is 1. The maximum Gasteiger partial charge on any atom is 1.00 e. The van der Waals surface area contributed by atoms with E-state index >= 15 is 0 Å². The van der Waals surface area contributed by atoms with Crippen LogP contribution >= 0.6 is 0 Å². The first-order valence-electron chi connectivity index (χ1n) is 9.00. The van der Waals surface area contributed by atoms with Crippen LogP contribution in [-0.2, 0) is 0 Å². The number of fused-ring (bicyclic) bond motifs is 2. The Morgan fingerprint density at radius 3 is 2.59 bits per heavy atom. The molecule has 0 amide bonds. The van der Waals surface area contributed by atoms with Crippen LogP contribution in [0.2, 0.25) is 0 Å². The van der Waals surface area contributed by atoms with Crippen LogP contribution in [0.1, 0.15) is 24.1 Å². The summed E-state index contributed by atoms with van der Waals surface area (Å²) in [6, 6.07) is 8.01. The molecule has 0 spiro atoms. The number of anilines is 1. The van der Waals surface area contributed by atoms with Crippen LogP contribution in [0.15, 0.2) is 36.8 Å². The smallest absolute Gasteiger partial charge is 0.358 e. The molecule has 0 unspecified atom stereocenters. The number of aryl methyl sites for hydroxylation is 1. The van der Waals surface area contributed by atoms with Crippen LogP contribution in [0, 0.1) is 25.7 Å². The fraction of sp³-hybridized carbons (Fsp3) is 0.238. The normalized spacial score (nSPS) is 13.2. The second-order valence-corrected chi connectivity index (χ2v) is 6.83. The molecule has 4 aromatic rings. The summed E-state index contributed by atoms with van der Waals surface area (Å²) < 4.78 is 1.85. The summed E-state index contributed by atoms with van der Waals surface area (Å²) >= 11 is 0. The van der Waals surface area contributed by atoms with Crippen molar-refractivity contribution in [2.24, 2.45) is 0 Å². The molecular formula is C21H20N7Na. The minimum atomic E-state index is 0. The SMILES string of the molecule is Cc1cn2cc(-c3ncc4nc(N5CCCC5)ccc4n3)cc(C#N)c2n1.[CH3-].[Na+]. The molecule has 1 aliphatic rings. The van der Waals surface area contributed by atoms with Gasteiger partial charge in [0.2, 0.25) is 0 Å². The maximum absolute atomic E-state index is 9.46. The van der Waals surface area contributed by atoms with Crippen LogP contribution in [0.3, 0.4) is 0 Å². The third kappa shape index (κ3) is 3.84. The summed E-state index contributed by atoms with van der Waals surface area (Å²) in [6.07, 6.45) is 7.99. The van der Waals surface area contributed by atoms with Gasteiger partial charge in [0.15, 0.2) is 11.5 Å². The van der Waals surface area contributed by atoms with Gasteiger partial charge in [-0.3, -0.25) is 0 Å². The molecule has 0 aromatic carbocycles. The maximum atomic E-state index is 9.46. The number of aromatic nitrogens is 5. The van der Waals surface area contributed by atoms with E-state index < -0.39 is 0 Å². The summed E-state index contributed by atoms with van der Waals surface area (Å²) in [7, 11) is 0. The summed E-state index contributed by atoms with van der Waals surface area (Å²) in [5, 5.41) is 9.46. The molecule has 0 aliphatic carbocycles. The van der Waals surface area contributed by atoms with Crippen molar-refractivity contribution >= 4 is 22.5 Å². The molecule has 0 radical (unpaired) electrons. The number of hydrogen-bond donors (Lipinski definition) is 0. The fourth-order valence-corrected chi connectivity index (χ4v) is 3.60. The molecule has 1 saturated heterocycles. The molecule has 4 aromatic heterocycles. The number of rotatable bonds is 2. The second-order valence-electron chi connectivity index (χ2n) is 6.83. The van der Waals surface area contributed by atoms with E-state index in [-0.39, 0.29) is 37.0 Å². The van der Waals surface area contributed by atoms with Crippen molar-refractivity contribution in [3.05, 3.63) is 55.5 Å². The second kappa shape index (κ2) is 8.46. The van der Waals surface area contributed by atoms with Gasteiger partial charge >= 0.3 is 29.6 Å². The molecule has 8 heteroatoms. The summed E-state index contributed by atoms with van der Waals surface area (Å²) in [6.45, 7) is 4.02. The largest absolute Gasteiger partial charge is 1.00 e. The average molecular weight is 393 g/mol. The topological polar surface area (TPSA) is 83.0 Å². The van der Waals surface area contributed by atoms with Gasteiger partial charge in [0.05, 0.1) is 23.0 Å². The molecule has 1 aliphatic heterocycles. The zero-order valence-corrected chi connectivity index (χ0v) is 18.9. The van der Waals surface area contributed by atoms with Crippen LogP contribution in [0.5, 0.6) is 0 Å². The molecule has 0 bridgehead atoms. The Morgan fingerprint density at radius 2 is 1.83 bits per heavy atom. The predicted molar refractivity (Wildman–Crippen MR) is 109 cm³/mol. The van der Waals surface area contributed by atoms with Crippen molar-refractivity contribution < 1.29 is 29.6 Å². The van der Waals surface area contributed by atoms with E-state index in [0.717, 1.165) is 41.2 Å². The number of hydrogen-bond acceptors (Lipinski definition) is 6. The first-order valence-corrected chi connectivity index (χ1v) is 9.00. The van der Waals surface area contributed by atoms with E-state index in [4.69, 9.17) is 4.98 Å². The van der Waals surface area contributed by atoms with Gasteiger partial charge in [0, 0.05) is 31.0 Å².